The van der Waals surface area contributed by atoms with Crippen molar-refractivity contribution >= 4 is 5.91 Å². The molecule has 3 rings (SSSR count). The minimum absolute atomic E-state index is 0.109. The lowest BCUT2D eigenvalue weighted by Crippen LogP contribution is -2.26. The number of rotatable bonds is 3. The van der Waals surface area contributed by atoms with E-state index >= 15 is 0 Å². The Bertz CT molecular complexity index is 941. The van der Waals surface area contributed by atoms with Gasteiger partial charge in [-0.1, -0.05) is 11.8 Å². The molecule has 6 heteroatoms. The number of carbonyl (C=O) groups is 1. The van der Waals surface area contributed by atoms with Gasteiger partial charge in [-0.25, -0.2) is 4.98 Å². The van der Waals surface area contributed by atoms with Gasteiger partial charge in [-0.3, -0.25) is 4.79 Å². The molecular weight excluding hydrogens is 318 g/mol. The van der Waals surface area contributed by atoms with Crippen LogP contribution in [0.4, 0.5) is 0 Å². The zero-order chi connectivity index (χ0) is 18.0. The van der Waals surface area contributed by atoms with Gasteiger partial charge < -0.3 is 18.9 Å². The highest BCUT2D eigenvalue weighted by Crippen LogP contribution is 2.27. The molecule has 0 fully saturated rings. The molecule has 126 valence electrons. The summed E-state index contributed by atoms with van der Waals surface area (Å²) in [5.41, 5.74) is 2.02. The van der Waals surface area contributed by atoms with E-state index in [-0.39, 0.29) is 12.5 Å². The molecule has 1 aliphatic heterocycles. The average molecular weight is 335 g/mol. The van der Waals surface area contributed by atoms with E-state index in [2.05, 4.69) is 22.7 Å². The first kappa shape index (κ1) is 16.5. The van der Waals surface area contributed by atoms with Crippen molar-refractivity contribution in [1.29, 1.82) is 0 Å². The number of methoxy groups -OCH3 is 2. The standard InChI is InChI=1S/C19H17N3O3/c1-5-10-22-12-14-18(19(22)23)21(2)17(20-14)9-7-13-6-8-15(24-3)16(11-13)25-4/h1,6,8,11H,10,12H2,2-4H3. The van der Waals surface area contributed by atoms with Crippen LogP contribution in [0.2, 0.25) is 0 Å². The first-order valence-corrected chi connectivity index (χ1v) is 7.61. The Labute approximate surface area is 146 Å². The highest BCUT2D eigenvalue weighted by atomic mass is 16.5. The maximum absolute atomic E-state index is 12.3. The summed E-state index contributed by atoms with van der Waals surface area (Å²) in [6, 6.07) is 5.43. The molecule has 0 atom stereocenters. The zero-order valence-electron chi connectivity index (χ0n) is 14.3. The number of terminal acetylenes is 1. The molecule has 1 aromatic carbocycles. The number of fused-ring (bicyclic) bond motifs is 1. The minimum Gasteiger partial charge on any atom is -0.493 e. The lowest BCUT2D eigenvalue weighted by molar-refractivity contribution is 0.0790. The number of benzene rings is 1. The molecule has 0 unspecified atom stereocenters. The van der Waals surface area contributed by atoms with Crippen LogP contribution in [-0.4, -0.2) is 41.1 Å². The molecule has 2 aromatic rings. The highest BCUT2D eigenvalue weighted by Gasteiger charge is 2.32. The topological polar surface area (TPSA) is 56.6 Å². The summed E-state index contributed by atoms with van der Waals surface area (Å²) in [7, 11) is 4.94. The van der Waals surface area contributed by atoms with Gasteiger partial charge in [0.05, 0.1) is 33.0 Å². The summed E-state index contributed by atoms with van der Waals surface area (Å²) in [5.74, 6) is 10.2. The van der Waals surface area contributed by atoms with E-state index in [4.69, 9.17) is 15.9 Å². The van der Waals surface area contributed by atoms with E-state index in [1.54, 1.807) is 42.9 Å². The quantitative estimate of drug-likeness (QED) is 0.796. The first-order chi connectivity index (χ1) is 12.1. The fourth-order valence-corrected chi connectivity index (χ4v) is 2.73. The van der Waals surface area contributed by atoms with Crippen molar-refractivity contribution in [3.8, 4) is 35.7 Å². The molecular formula is C19H17N3O3. The highest BCUT2D eigenvalue weighted by molar-refractivity contribution is 5.96. The predicted octanol–water partition coefficient (Wildman–Crippen LogP) is 1.43. The molecule has 0 radical (unpaired) electrons. The van der Waals surface area contributed by atoms with Crippen LogP contribution in [0.5, 0.6) is 11.5 Å². The third-order valence-corrected chi connectivity index (χ3v) is 3.98. The Hall–Kier alpha value is -3.38. The fraction of sp³-hybridized carbons (Fsp3) is 0.263. The second-order valence-electron chi connectivity index (χ2n) is 5.47. The SMILES string of the molecule is C#CCN1Cc2nc(C#Cc3ccc(OC)c(OC)c3)n(C)c2C1=O. The molecule has 2 heterocycles. The van der Waals surface area contributed by atoms with E-state index in [1.807, 2.05) is 6.07 Å². The van der Waals surface area contributed by atoms with Crippen molar-refractivity contribution in [2.45, 2.75) is 6.54 Å². The molecule has 0 spiro atoms. The molecule has 1 amide bonds. The maximum atomic E-state index is 12.3. The van der Waals surface area contributed by atoms with Crippen LogP contribution in [-0.2, 0) is 13.6 Å². The molecule has 0 bridgehead atoms. The Morgan fingerprint density at radius 1 is 1.24 bits per heavy atom. The van der Waals surface area contributed by atoms with Gasteiger partial charge in [0.25, 0.3) is 5.91 Å². The van der Waals surface area contributed by atoms with E-state index in [1.165, 1.54) is 0 Å². The molecule has 6 nitrogen and oxygen atoms in total. The van der Waals surface area contributed by atoms with Crippen molar-refractivity contribution in [3.05, 3.63) is 41.0 Å². The third kappa shape index (κ3) is 2.90. The van der Waals surface area contributed by atoms with Crippen LogP contribution in [0.25, 0.3) is 0 Å². The Kier molecular flexibility index (Phi) is 4.36. The summed E-state index contributed by atoms with van der Waals surface area (Å²) in [5, 5.41) is 0. The van der Waals surface area contributed by atoms with Gasteiger partial charge in [0.2, 0.25) is 0 Å². The Morgan fingerprint density at radius 3 is 2.64 bits per heavy atom. The number of nitrogens with zero attached hydrogens (tertiary/aromatic N) is 3. The lowest BCUT2D eigenvalue weighted by atomic mass is 10.2. The Balaban J connectivity index is 1.89. The number of imidazole rings is 1. The van der Waals surface area contributed by atoms with Crippen LogP contribution in [0.3, 0.4) is 0 Å². The first-order valence-electron chi connectivity index (χ1n) is 7.61. The summed E-state index contributed by atoms with van der Waals surface area (Å²) >= 11 is 0. The number of amides is 1. The normalized spacial score (nSPS) is 12.2. The van der Waals surface area contributed by atoms with E-state index in [9.17, 15) is 4.79 Å². The molecule has 25 heavy (non-hydrogen) atoms. The largest absolute Gasteiger partial charge is 0.493 e. The number of hydrogen-bond donors (Lipinski definition) is 0. The van der Waals surface area contributed by atoms with Crippen molar-refractivity contribution in [1.82, 2.24) is 14.5 Å². The Morgan fingerprint density at radius 2 is 2.00 bits per heavy atom. The van der Waals surface area contributed by atoms with Crippen molar-refractivity contribution in [3.63, 3.8) is 0 Å². The van der Waals surface area contributed by atoms with Crippen LogP contribution < -0.4 is 9.47 Å². The van der Waals surface area contributed by atoms with Crippen LogP contribution in [0.1, 0.15) is 27.6 Å². The van der Waals surface area contributed by atoms with Gasteiger partial charge in [0, 0.05) is 12.6 Å². The molecule has 0 saturated carbocycles. The van der Waals surface area contributed by atoms with Crippen LogP contribution >= 0.6 is 0 Å². The minimum atomic E-state index is -0.109. The third-order valence-electron chi connectivity index (χ3n) is 3.98. The van der Waals surface area contributed by atoms with Gasteiger partial charge >= 0.3 is 0 Å². The second kappa shape index (κ2) is 6.62. The van der Waals surface area contributed by atoms with Gasteiger partial charge in [-0.15, -0.1) is 6.42 Å². The monoisotopic (exact) mass is 335 g/mol. The van der Waals surface area contributed by atoms with Gasteiger partial charge in [0.15, 0.2) is 17.3 Å². The lowest BCUT2D eigenvalue weighted by Gasteiger charge is -2.11. The van der Waals surface area contributed by atoms with Crippen LogP contribution in [0.15, 0.2) is 18.2 Å². The average Bonchev–Trinajstić information content (AvgIpc) is 3.10. The number of ether oxygens (including phenoxy) is 2. The van der Waals surface area contributed by atoms with Gasteiger partial charge in [-0.2, -0.15) is 0 Å². The smallest absolute Gasteiger partial charge is 0.273 e. The molecule has 0 saturated heterocycles. The van der Waals surface area contributed by atoms with E-state index in [0.717, 1.165) is 5.56 Å². The van der Waals surface area contributed by atoms with E-state index in [0.29, 0.717) is 35.3 Å². The van der Waals surface area contributed by atoms with Gasteiger partial charge in [0.1, 0.15) is 5.69 Å². The van der Waals surface area contributed by atoms with Crippen molar-refractivity contribution in [2.24, 2.45) is 7.05 Å². The zero-order valence-corrected chi connectivity index (χ0v) is 14.3. The maximum Gasteiger partial charge on any atom is 0.273 e. The van der Waals surface area contributed by atoms with E-state index < -0.39 is 0 Å². The fourth-order valence-electron chi connectivity index (χ4n) is 2.73. The number of aromatic nitrogens is 2. The number of hydrogen-bond acceptors (Lipinski definition) is 4. The summed E-state index contributed by atoms with van der Waals surface area (Å²) < 4.78 is 12.2. The predicted molar refractivity (Wildman–Crippen MR) is 92.3 cm³/mol. The molecule has 0 N–H and O–H groups in total. The molecule has 1 aliphatic rings. The van der Waals surface area contributed by atoms with Gasteiger partial charge in [-0.05, 0) is 24.1 Å². The number of carbonyl (C=O) groups excluding carboxylic acids is 1. The summed E-state index contributed by atoms with van der Waals surface area (Å²) in [4.78, 5) is 18.4. The second-order valence-corrected chi connectivity index (χ2v) is 5.47. The van der Waals surface area contributed by atoms with Crippen molar-refractivity contribution < 1.29 is 14.3 Å². The summed E-state index contributed by atoms with van der Waals surface area (Å²) in [6.45, 7) is 0.700. The molecule has 0 aliphatic carbocycles. The molecule has 1 aromatic heterocycles. The van der Waals surface area contributed by atoms with Crippen LogP contribution in [0, 0.1) is 24.2 Å². The summed E-state index contributed by atoms with van der Waals surface area (Å²) in [6.07, 6.45) is 5.29. The van der Waals surface area contributed by atoms with Crippen molar-refractivity contribution in [2.75, 3.05) is 20.8 Å².